The van der Waals surface area contributed by atoms with Crippen molar-refractivity contribution in [1.29, 1.82) is 0 Å². The van der Waals surface area contributed by atoms with Crippen molar-refractivity contribution in [2.24, 2.45) is 0 Å². The molecule has 0 aromatic carbocycles. The minimum absolute atomic E-state index is 0. The first kappa shape index (κ1) is 29.9. The van der Waals surface area contributed by atoms with Crippen molar-refractivity contribution in [2.75, 3.05) is 0 Å². The van der Waals surface area contributed by atoms with Gasteiger partial charge >= 0.3 is 17.4 Å². The molecule has 0 aliphatic rings. The molecule has 0 spiro atoms. The number of hydrogen-bond acceptors (Lipinski definition) is 4. The summed E-state index contributed by atoms with van der Waals surface area (Å²) < 4.78 is 8.55. The fraction of sp³-hybridized carbons (Fsp3) is 0. The molecule has 0 aromatic heterocycles. The number of hydrogen-bond donors (Lipinski definition) is 0. The van der Waals surface area contributed by atoms with E-state index in [-0.39, 0.29) is 82.0 Å². The Morgan fingerprint density at radius 1 is 1.00 bits per heavy atom. The fourth-order valence-electron chi connectivity index (χ4n) is 0. The molecule has 0 rings (SSSR count). The second kappa shape index (κ2) is 13.2. The first-order valence-electron chi connectivity index (χ1n) is 0.730. The first-order valence-corrected chi connectivity index (χ1v) is 2.19. The molecule has 0 bridgehead atoms. The summed E-state index contributed by atoms with van der Waals surface area (Å²) in [6.07, 6.45) is 0. The molecule has 0 N–H and O–H groups in total. The van der Waals surface area contributed by atoms with E-state index in [0.717, 1.165) is 0 Å². The molecule has 0 aromatic rings. The van der Waals surface area contributed by atoms with Gasteiger partial charge in [0.25, 0.3) is 0 Å². The maximum absolute atomic E-state index is 8.55. The van der Waals surface area contributed by atoms with Crippen LogP contribution in [0.3, 0.4) is 0 Å². The Labute approximate surface area is 107 Å². The van der Waals surface area contributed by atoms with Crippen LogP contribution >= 0.6 is 7.82 Å². The van der Waals surface area contributed by atoms with E-state index in [2.05, 4.69) is 0 Å². The van der Waals surface area contributed by atoms with E-state index in [0.29, 0.717) is 0 Å². The zero-order chi connectivity index (χ0) is 4.50. The van der Waals surface area contributed by atoms with E-state index < -0.39 is 7.82 Å². The molecular weight excluding hydrogens is 184 g/mol. The molecule has 0 aliphatic heterocycles. The third-order valence-corrected chi connectivity index (χ3v) is 0. The van der Waals surface area contributed by atoms with Crippen molar-refractivity contribution in [3.8, 4) is 0 Å². The van der Waals surface area contributed by atoms with Crippen LogP contribution in [0.25, 0.3) is 0 Å². The second-order valence-electron chi connectivity index (χ2n) is 0.447. The van der Waals surface area contributed by atoms with Crippen LogP contribution < -0.4 is 14.7 Å². The van der Waals surface area contributed by atoms with Gasteiger partial charge in [0.15, 0.2) is 0 Å². The Morgan fingerprint density at radius 2 is 1.00 bits per heavy atom. The first-order chi connectivity index (χ1) is 2.00. The van der Waals surface area contributed by atoms with Gasteiger partial charge in [-0.2, -0.15) is 7.82 Å². The summed E-state index contributed by atoms with van der Waals surface area (Å²) in [4.78, 5) is 25.6. The van der Waals surface area contributed by atoms with Crippen molar-refractivity contribution in [3.05, 3.63) is 0 Å². The third kappa shape index (κ3) is 116. The summed E-state index contributed by atoms with van der Waals surface area (Å²) >= 11 is 0. The van der Waals surface area contributed by atoms with Gasteiger partial charge in [-0.15, -0.1) is 0 Å². The van der Waals surface area contributed by atoms with E-state index in [9.17, 15) is 0 Å². The Morgan fingerprint density at radius 3 is 1.00 bits per heavy atom. The van der Waals surface area contributed by atoms with Crippen LogP contribution in [-0.4, -0.2) is 76.5 Å². The van der Waals surface area contributed by atoms with Crippen molar-refractivity contribution in [1.82, 2.24) is 0 Å². The van der Waals surface area contributed by atoms with E-state index in [4.69, 9.17) is 19.2 Å². The minimum atomic E-state index is -5.39. The predicted molar refractivity (Wildman–Crippen MR) is 25.6 cm³/mol. The summed E-state index contributed by atoms with van der Waals surface area (Å²) in [6.45, 7) is 0. The molecule has 0 heterocycles. The molecule has 0 fully saturated rings. The smallest absolute Gasteiger partial charge is 0.822 e. The molecule has 0 saturated carbocycles. The van der Waals surface area contributed by atoms with Gasteiger partial charge in [-0.25, -0.2) is 0 Å². The largest absolute Gasteiger partial charge is 3.00 e. The summed E-state index contributed by atoms with van der Waals surface area (Å²) in [5, 5.41) is 0. The van der Waals surface area contributed by atoms with Gasteiger partial charge in [0, 0.05) is 64.6 Å². The van der Waals surface area contributed by atoms with Gasteiger partial charge in [-0.05, 0) is 0 Å². The van der Waals surface area contributed by atoms with Crippen LogP contribution in [0.2, 0.25) is 0 Å². The molecule has 0 aliphatic carbocycles. The molecule has 4 radical (unpaired) electrons. The van der Waals surface area contributed by atoms with Gasteiger partial charge in [-0.3, -0.25) is 0 Å². The molecule has 9 heavy (non-hydrogen) atoms. The van der Waals surface area contributed by atoms with Crippen LogP contribution in [0.1, 0.15) is 0 Å². The molecule has 40 valence electrons. The van der Waals surface area contributed by atoms with Gasteiger partial charge in [0.1, 0.15) is 0 Å². The fourth-order valence-corrected chi connectivity index (χ4v) is 0. The van der Waals surface area contributed by atoms with Gasteiger partial charge < -0.3 is 19.2 Å². The molecule has 0 atom stereocenters. The quantitative estimate of drug-likeness (QED) is 0.281. The number of phosphoric acid groups is 1. The van der Waals surface area contributed by atoms with Gasteiger partial charge in [0.05, 0.1) is 0 Å². The maximum Gasteiger partial charge on any atom is 3.00 e. The van der Waals surface area contributed by atoms with Crippen molar-refractivity contribution in [2.45, 2.75) is 0 Å². The molecule has 5 nitrogen and oxygen atoms in total. The third-order valence-electron chi connectivity index (χ3n) is 0. The summed E-state index contributed by atoms with van der Waals surface area (Å²) in [5.74, 6) is 0. The average Bonchev–Trinajstić information content (AvgIpc) is 0.722. The summed E-state index contributed by atoms with van der Waals surface area (Å²) in [6, 6.07) is 0. The molecular formula is AlNa2O5P. The van der Waals surface area contributed by atoms with E-state index in [1.54, 1.807) is 0 Å². The molecule has 0 saturated heterocycles. The Kier molecular flexibility index (Phi) is 43.9. The van der Waals surface area contributed by atoms with E-state index >= 15 is 0 Å². The second-order valence-corrected chi connectivity index (χ2v) is 1.34. The maximum atomic E-state index is 8.55. The van der Waals surface area contributed by atoms with Crippen LogP contribution in [-0.2, 0) is 10.0 Å². The van der Waals surface area contributed by atoms with Crippen molar-refractivity contribution < 1.29 is 24.7 Å². The number of rotatable bonds is 0. The van der Waals surface area contributed by atoms with Gasteiger partial charge in [0.2, 0.25) is 0 Å². The van der Waals surface area contributed by atoms with E-state index in [1.807, 2.05) is 0 Å². The normalized spacial score (nSPS) is 6.56. The zero-order valence-corrected chi connectivity index (χ0v) is 11.1. The van der Waals surface area contributed by atoms with Crippen LogP contribution in [0.4, 0.5) is 0 Å². The average molecular weight is 184 g/mol. The Bertz CT molecular complexity index is 61.1. The zero-order valence-electron chi connectivity index (χ0n) is 5.07. The molecule has 0 amide bonds. The van der Waals surface area contributed by atoms with Crippen molar-refractivity contribution >= 4 is 84.3 Å². The minimum Gasteiger partial charge on any atom is -0.822 e. The predicted octanol–water partition coefficient (Wildman–Crippen LogP) is -4.09. The topological polar surface area (TPSA) is 115 Å². The molecule has 0 unspecified atom stereocenters. The van der Waals surface area contributed by atoms with Crippen LogP contribution in [0.15, 0.2) is 0 Å². The van der Waals surface area contributed by atoms with Gasteiger partial charge in [-0.1, -0.05) is 0 Å². The van der Waals surface area contributed by atoms with E-state index in [1.165, 1.54) is 0 Å². The Hall–Kier alpha value is 2.60. The summed E-state index contributed by atoms with van der Waals surface area (Å²) in [5.41, 5.74) is 0. The van der Waals surface area contributed by atoms with Crippen LogP contribution in [0.5, 0.6) is 0 Å². The molecule has 9 heteroatoms. The monoisotopic (exact) mass is 184 g/mol. The van der Waals surface area contributed by atoms with Crippen molar-refractivity contribution in [3.63, 3.8) is 0 Å². The summed E-state index contributed by atoms with van der Waals surface area (Å²) in [7, 11) is -5.39. The SMILES string of the molecule is O=P([O-])([O-])[O-].[Al+3].[Na].[Na].[O]. The van der Waals surface area contributed by atoms with Crippen LogP contribution in [0, 0.1) is 0 Å². The Balaban J connectivity index is -0.0000000133. The standard InChI is InChI=1S/Al.2Na.H3O4P.O/c;;;1-5(2,3)4;/h;;;(H3,1,2,3,4);/q+3;;;;/p-3.